The lowest BCUT2D eigenvalue weighted by molar-refractivity contribution is 0.0953. The van der Waals surface area contributed by atoms with E-state index in [0.29, 0.717) is 6.54 Å². The maximum absolute atomic E-state index is 12.2. The predicted octanol–water partition coefficient (Wildman–Crippen LogP) is 3.08. The summed E-state index contributed by atoms with van der Waals surface area (Å²) < 4.78 is 0. The van der Waals surface area contributed by atoms with Gasteiger partial charge < -0.3 is 5.32 Å². The highest BCUT2D eigenvalue weighted by Gasteiger charge is 2.09. The van der Waals surface area contributed by atoms with Crippen LogP contribution in [0, 0.1) is 6.92 Å². The maximum atomic E-state index is 12.2. The third-order valence-electron chi connectivity index (χ3n) is 3.08. The highest BCUT2D eigenvalue weighted by molar-refractivity contribution is 7.98. The molecule has 0 aliphatic rings. The number of aryl methyl sites for hydroxylation is 1. The summed E-state index contributed by atoms with van der Waals surface area (Å²) in [6.45, 7) is 2.55. The molecule has 1 aromatic heterocycles. The van der Waals surface area contributed by atoms with Gasteiger partial charge in [0.05, 0.1) is 0 Å². The second-order valence-electron chi connectivity index (χ2n) is 4.51. The summed E-state index contributed by atoms with van der Waals surface area (Å²) in [5.41, 5.74) is 2.73. The Morgan fingerprint density at radius 1 is 1.30 bits per heavy atom. The molecule has 0 saturated carbocycles. The number of nitrogens with zero attached hydrogens (tertiary/aromatic N) is 1. The van der Waals surface area contributed by atoms with Crippen LogP contribution in [-0.4, -0.2) is 23.7 Å². The van der Waals surface area contributed by atoms with E-state index >= 15 is 0 Å². The molecule has 3 nitrogen and oxygen atoms in total. The molecule has 20 heavy (non-hydrogen) atoms. The smallest absolute Gasteiger partial charge is 0.251 e. The van der Waals surface area contributed by atoms with Crippen molar-refractivity contribution >= 4 is 17.7 Å². The van der Waals surface area contributed by atoms with Crippen molar-refractivity contribution in [2.75, 3.05) is 12.8 Å². The van der Waals surface area contributed by atoms with E-state index in [1.165, 1.54) is 0 Å². The van der Waals surface area contributed by atoms with Crippen molar-refractivity contribution in [3.8, 4) is 0 Å². The van der Waals surface area contributed by atoms with Gasteiger partial charge in [-0.2, -0.15) is 0 Å². The second kappa shape index (κ2) is 7.10. The van der Waals surface area contributed by atoms with Crippen LogP contribution in [0.5, 0.6) is 0 Å². The second-order valence-corrected chi connectivity index (χ2v) is 5.39. The molecule has 0 spiro atoms. The van der Waals surface area contributed by atoms with E-state index in [4.69, 9.17) is 0 Å². The first-order valence-corrected chi connectivity index (χ1v) is 7.76. The Morgan fingerprint density at radius 2 is 2.15 bits per heavy atom. The van der Waals surface area contributed by atoms with Crippen LogP contribution in [0.25, 0.3) is 0 Å². The molecule has 2 rings (SSSR count). The predicted molar refractivity (Wildman–Crippen MR) is 83.2 cm³/mol. The van der Waals surface area contributed by atoms with E-state index in [1.807, 2.05) is 49.6 Å². The van der Waals surface area contributed by atoms with E-state index in [1.54, 1.807) is 18.0 Å². The molecule has 0 radical (unpaired) electrons. The van der Waals surface area contributed by atoms with Gasteiger partial charge in [-0.3, -0.25) is 9.78 Å². The fraction of sp³-hybridized carbons (Fsp3) is 0.250. The molecule has 0 saturated heterocycles. The van der Waals surface area contributed by atoms with Crippen LogP contribution >= 0.6 is 11.8 Å². The van der Waals surface area contributed by atoms with Gasteiger partial charge in [0, 0.05) is 35.3 Å². The molecule has 0 fully saturated rings. The van der Waals surface area contributed by atoms with Crippen molar-refractivity contribution in [1.29, 1.82) is 0 Å². The number of carbonyl (C=O) groups is 1. The minimum Gasteiger partial charge on any atom is -0.352 e. The molecule has 2 aromatic rings. The van der Waals surface area contributed by atoms with Crippen molar-refractivity contribution in [1.82, 2.24) is 10.3 Å². The van der Waals surface area contributed by atoms with E-state index in [0.717, 1.165) is 28.1 Å². The molecule has 1 aromatic carbocycles. The molecule has 0 bridgehead atoms. The molecular formula is C16H18N2OS. The number of nitrogens with one attached hydrogen (secondary N) is 1. The topological polar surface area (TPSA) is 42.0 Å². The summed E-state index contributed by atoms with van der Waals surface area (Å²) in [4.78, 5) is 17.5. The van der Waals surface area contributed by atoms with Gasteiger partial charge in [0.15, 0.2) is 0 Å². The van der Waals surface area contributed by atoms with E-state index in [2.05, 4.69) is 10.3 Å². The monoisotopic (exact) mass is 286 g/mol. The van der Waals surface area contributed by atoms with Gasteiger partial charge in [-0.1, -0.05) is 12.1 Å². The first-order valence-electron chi connectivity index (χ1n) is 6.53. The number of hydrogen-bond donors (Lipinski definition) is 1. The third kappa shape index (κ3) is 3.84. The Balaban J connectivity index is 1.95. The largest absolute Gasteiger partial charge is 0.352 e. The van der Waals surface area contributed by atoms with Crippen LogP contribution in [0.1, 0.15) is 21.6 Å². The van der Waals surface area contributed by atoms with Crippen molar-refractivity contribution < 1.29 is 4.79 Å². The zero-order valence-corrected chi connectivity index (χ0v) is 12.5. The molecule has 1 N–H and O–H groups in total. The highest BCUT2D eigenvalue weighted by Crippen LogP contribution is 2.18. The molecule has 104 valence electrons. The van der Waals surface area contributed by atoms with Crippen molar-refractivity contribution in [2.45, 2.75) is 18.2 Å². The van der Waals surface area contributed by atoms with Gasteiger partial charge in [-0.15, -0.1) is 11.8 Å². The number of hydrogen-bond acceptors (Lipinski definition) is 3. The Labute approximate surface area is 123 Å². The summed E-state index contributed by atoms with van der Waals surface area (Å²) in [6, 6.07) is 11.8. The van der Waals surface area contributed by atoms with Crippen molar-refractivity contribution in [3.63, 3.8) is 0 Å². The minimum absolute atomic E-state index is 0.0191. The van der Waals surface area contributed by atoms with Crippen LogP contribution in [0.15, 0.2) is 47.5 Å². The Bertz CT molecular complexity index is 584. The van der Waals surface area contributed by atoms with Gasteiger partial charge in [-0.25, -0.2) is 0 Å². The number of pyridine rings is 1. The number of carbonyl (C=O) groups excluding carboxylic acids is 1. The average molecular weight is 286 g/mol. The molecule has 1 heterocycles. The minimum atomic E-state index is -0.0191. The molecule has 4 heteroatoms. The molecule has 0 aliphatic heterocycles. The normalized spacial score (nSPS) is 10.3. The summed E-state index contributed by atoms with van der Waals surface area (Å²) >= 11 is 1.64. The van der Waals surface area contributed by atoms with Crippen molar-refractivity contribution in [3.05, 3.63) is 59.4 Å². The number of amides is 1. The Hall–Kier alpha value is -1.81. The number of thioether (sulfide) groups is 1. The van der Waals surface area contributed by atoms with E-state index in [-0.39, 0.29) is 5.91 Å². The summed E-state index contributed by atoms with van der Waals surface area (Å²) in [5, 5.41) is 2.95. The quantitative estimate of drug-likeness (QED) is 0.859. The molecular weight excluding hydrogens is 268 g/mol. The zero-order chi connectivity index (χ0) is 14.4. The Morgan fingerprint density at radius 3 is 2.85 bits per heavy atom. The Kier molecular flexibility index (Phi) is 5.18. The van der Waals surface area contributed by atoms with Gasteiger partial charge in [-0.05, 0) is 43.0 Å². The number of aromatic nitrogens is 1. The summed E-state index contributed by atoms with van der Waals surface area (Å²) in [6.07, 6.45) is 4.52. The fourth-order valence-corrected chi connectivity index (χ4v) is 2.36. The van der Waals surface area contributed by atoms with E-state index in [9.17, 15) is 4.79 Å². The van der Waals surface area contributed by atoms with Gasteiger partial charge in [0.2, 0.25) is 0 Å². The lowest BCUT2D eigenvalue weighted by Crippen LogP contribution is -2.26. The lowest BCUT2D eigenvalue weighted by Gasteiger charge is -2.09. The first kappa shape index (κ1) is 14.6. The highest BCUT2D eigenvalue weighted by atomic mass is 32.2. The lowest BCUT2D eigenvalue weighted by atomic mass is 10.1. The van der Waals surface area contributed by atoms with Crippen LogP contribution in [0.3, 0.4) is 0 Å². The molecule has 0 atom stereocenters. The van der Waals surface area contributed by atoms with E-state index < -0.39 is 0 Å². The van der Waals surface area contributed by atoms with Crippen LogP contribution in [0.2, 0.25) is 0 Å². The third-order valence-corrected chi connectivity index (χ3v) is 3.81. The average Bonchev–Trinajstić information content (AvgIpc) is 2.48. The SMILES string of the molecule is CSc1ccc(C)c(C(=O)NCCc2ccccn2)c1. The van der Waals surface area contributed by atoms with Crippen LogP contribution < -0.4 is 5.32 Å². The van der Waals surface area contributed by atoms with Gasteiger partial charge in [0.25, 0.3) is 5.91 Å². The van der Waals surface area contributed by atoms with Gasteiger partial charge >= 0.3 is 0 Å². The zero-order valence-electron chi connectivity index (χ0n) is 11.7. The summed E-state index contributed by atoms with van der Waals surface area (Å²) in [5.74, 6) is -0.0191. The molecule has 0 aliphatic carbocycles. The summed E-state index contributed by atoms with van der Waals surface area (Å²) in [7, 11) is 0. The van der Waals surface area contributed by atoms with Crippen LogP contribution in [-0.2, 0) is 6.42 Å². The standard InChI is InChI=1S/C16H18N2OS/c1-12-6-7-14(20-2)11-15(12)16(19)18-10-8-13-5-3-4-9-17-13/h3-7,9,11H,8,10H2,1-2H3,(H,18,19). The maximum Gasteiger partial charge on any atom is 0.251 e. The van der Waals surface area contributed by atoms with Gasteiger partial charge in [0.1, 0.15) is 0 Å². The first-order chi connectivity index (χ1) is 9.70. The van der Waals surface area contributed by atoms with Crippen LogP contribution in [0.4, 0.5) is 0 Å². The fourth-order valence-electron chi connectivity index (χ4n) is 1.92. The number of benzene rings is 1. The molecule has 0 unspecified atom stereocenters. The number of rotatable bonds is 5. The molecule has 1 amide bonds. The van der Waals surface area contributed by atoms with Crippen molar-refractivity contribution in [2.24, 2.45) is 0 Å².